The van der Waals surface area contributed by atoms with Gasteiger partial charge in [-0.3, -0.25) is 4.79 Å². The minimum Gasteiger partial charge on any atom is -0.312 e. The number of carbonyl (C=O) groups excluding carboxylic acids is 1. The number of rotatable bonds is 3. The number of ketones is 1. The van der Waals surface area contributed by atoms with Crippen molar-refractivity contribution in [2.24, 2.45) is 0 Å². The number of benzene rings is 3. The van der Waals surface area contributed by atoms with E-state index in [4.69, 9.17) is 0 Å². The second-order valence-electron chi connectivity index (χ2n) is 7.92. The van der Waals surface area contributed by atoms with E-state index in [-0.39, 0.29) is 5.78 Å². The largest absolute Gasteiger partial charge is 0.312 e. The average molecular weight is 389 g/mol. The Morgan fingerprint density at radius 2 is 1.43 bits per heavy atom. The van der Waals surface area contributed by atoms with Gasteiger partial charge in [0.05, 0.1) is 11.0 Å². The molecule has 2 aromatic heterocycles. The van der Waals surface area contributed by atoms with Crippen LogP contribution in [0.4, 0.5) is 0 Å². The second-order valence-corrected chi connectivity index (χ2v) is 7.92. The monoisotopic (exact) mass is 389 g/mol. The van der Waals surface area contributed by atoms with Crippen LogP contribution in [0.15, 0.2) is 84.9 Å². The van der Waals surface area contributed by atoms with E-state index >= 15 is 0 Å². The van der Waals surface area contributed by atoms with Gasteiger partial charge in [-0.05, 0) is 49.4 Å². The first-order chi connectivity index (χ1) is 14.6. The predicted octanol–water partition coefficient (Wildman–Crippen LogP) is 7.25. The van der Waals surface area contributed by atoms with Crippen LogP contribution in [0.2, 0.25) is 0 Å². The summed E-state index contributed by atoms with van der Waals surface area (Å²) >= 11 is 0. The fraction of sp³-hybridized carbons (Fsp3) is 0.107. The SMILES string of the molecule is CC(=O)c1c(-c2ccccc2)c2c(-c3ccc(C)cc3)cc3ccccc3n2c1C. The topological polar surface area (TPSA) is 21.5 Å². The Labute approximate surface area is 176 Å². The third kappa shape index (κ3) is 2.76. The Morgan fingerprint density at radius 1 is 0.767 bits per heavy atom. The van der Waals surface area contributed by atoms with Crippen molar-refractivity contribution in [2.45, 2.75) is 20.8 Å². The van der Waals surface area contributed by atoms with Crippen molar-refractivity contribution >= 4 is 22.2 Å². The molecule has 0 amide bonds. The first kappa shape index (κ1) is 18.4. The summed E-state index contributed by atoms with van der Waals surface area (Å²) in [4.78, 5) is 12.8. The molecule has 30 heavy (non-hydrogen) atoms. The first-order valence-corrected chi connectivity index (χ1v) is 10.3. The number of hydrogen-bond donors (Lipinski definition) is 0. The maximum atomic E-state index is 12.8. The molecule has 146 valence electrons. The highest BCUT2D eigenvalue weighted by Gasteiger charge is 2.24. The van der Waals surface area contributed by atoms with E-state index in [0.717, 1.165) is 49.9 Å². The molecule has 0 fully saturated rings. The molecule has 0 saturated heterocycles. The van der Waals surface area contributed by atoms with Gasteiger partial charge in [-0.25, -0.2) is 0 Å². The maximum absolute atomic E-state index is 12.8. The van der Waals surface area contributed by atoms with Crippen molar-refractivity contribution < 1.29 is 4.79 Å². The number of aromatic nitrogens is 1. The highest BCUT2D eigenvalue weighted by molar-refractivity contribution is 6.11. The minimum absolute atomic E-state index is 0.0917. The standard InChI is InChI=1S/C28H23NO/c1-18-13-15-21(16-14-18)24-17-23-11-7-8-12-25(23)29-19(2)26(20(3)30)27(28(24)29)22-9-5-4-6-10-22/h4-17H,1-3H3. The van der Waals surface area contributed by atoms with Crippen molar-refractivity contribution in [1.29, 1.82) is 0 Å². The molecule has 0 radical (unpaired) electrons. The summed E-state index contributed by atoms with van der Waals surface area (Å²) in [5, 5.41) is 1.16. The van der Waals surface area contributed by atoms with Gasteiger partial charge in [0.1, 0.15) is 0 Å². The van der Waals surface area contributed by atoms with Crippen LogP contribution in [0.5, 0.6) is 0 Å². The fourth-order valence-corrected chi connectivity index (χ4v) is 4.55. The second kappa shape index (κ2) is 7.00. The van der Waals surface area contributed by atoms with Crippen LogP contribution >= 0.6 is 0 Å². The molecule has 5 aromatic rings. The van der Waals surface area contributed by atoms with Gasteiger partial charge in [0.25, 0.3) is 0 Å². The van der Waals surface area contributed by atoms with Gasteiger partial charge in [-0.2, -0.15) is 0 Å². The number of nitrogens with zero attached hydrogens (tertiary/aromatic N) is 1. The molecule has 5 rings (SSSR count). The summed E-state index contributed by atoms with van der Waals surface area (Å²) in [6, 6.07) is 29.5. The van der Waals surface area contributed by atoms with Crippen LogP contribution in [0.3, 0.4) is 0 Å². The average Bonchev–Trinajstić information content (AvgIpc) is 3.08. The molecule has 0 bridgehead atoms. The molecule has 0 aliphatic carbocycles. The number of Topliss-reactive ketones (excluding diaryl/α,β-unsaturated/α-hetero) is 1. The third-order valence-electron chi connectivity index (χ3n) is 5.92. The van der Waals surface area contributed by atoms with E-state index in [1.165, 1.54) is 5.56 Å². The molecular weight excluding hydrogens is 366 g/mol. The van der Waals surface area contributed by atoms with E-state index in [0.29, 0.717) is 0 Å². The molecule has 0 N–H and O–H groups in total. The molecule has 0 atom stereocenters. The van der Waals surface area contributed by atoms with E-state index in [9.17, 15) is 4.79 Å². The third-order valence-corrected chi connectivity index (χ3v) is 5.92. The van der Waals surface area contributed by atoms with E-state index in [1.807, 2.05) is 18.2 Å². The Balaban J connectivity index is 2.04. The molecule has 0 aliphatic rings. The van der Waals surface area contributed by atoms with E-state index in [1.54, 1.807) is 6.92 Å². The quantitative estimate of drug-likeness (QED) is 0.298. The van der Waals surface area contributed by atoms with Crippen molar-refractivity contribution in [3.63, 3.8) is 0 Å². The summed E-state index contributed by atoms with van der Waals surface area (Å²) in [6.07, 6.45) is 0. The van der Waals surface area contributed by atoms with E-state index in [2.05, 4.69) is 85.0 Å². The molecule has 2 heteroatoms. The smallest absolute Gasteiger partial charge is 0.162 e. The van der Waals surface area contributed by atoms with Crippen LogP contribution in [0.1, 0.15) is 28.5 Å². The van der Waals surface area contributed by atoms with Crippen LogP contribution in [0, 0.1) is 13.8 Å². The highest BCUT2D eigenvalue weighted by atomic mass is 16.1. The van der Waals surface area contributed by atoms with Gasteiger partial charge in [0, 0.05) is 22.4 Å². The van der Waals surface area contributed by atoms with Gasteiger partial charge >= 0.3 is 0 Å². The van der Waals surface area contributed by atoms with Crippen molar-refractivity contribution in [1.82, 2.24) is 4.40 Å². The molecule has 2 heterocycles. The minimum atomic E-state index is 0.0917. The summed E-state index contributed by atoms with van der Waals surface area (Å²) in [5.74, 6) is 0.0917. The lowest BCUT2D eigenvalue weighted by molar-refractivity contribution is 0.101. The lowest BCUT2D eigenvalue weighted by Gasteiger charge is -2.13. The van der Waals surface area contributed by atoms with Gasteiger partial charge in [-0.15, -0.1) is 0 Å². The molecule has 2 nitrogen and oxygen atoms in total. The number of pyridine rings is 1. The van der Waals surface area contributed by atoms with Crippen molar-refractivity contribution in [3.8, 4) is 22.3 Å². The molecule has 0 saturated carbocycles. The number of fused-ring (bicyclic) bond motifs is 3. The zero-order valence-corrected chi connectivity index (χ0v) is 17.4. The number of aryl methyl sites for hydroxylation is 2. The van der Waals surface area contributed by atoms with Crippen LogP contribution < -0.4 is 0 Å². The lowest BCUT2D eigenvalue weighted by Crippen LogP contribution is -1.97. The number of para-hydroxylation sites is 1. The zero-order valence-electron chi connectivity index (χ0n) is 17.4. The maximum Gasteiger partial charge on any atom is 0.162 e. The summed E-state index contributed by atoms with van der Waals surface area (Å²) < 4.78 is 2.27. The van der Waals surface area contributed by atoms with Crippen molar-refractivity contribution in [2.75, 3.05) is 0 Å². The van der Waals surface area contributed by atoms with E-state index < -0.39 is 0 Å². The van der Waals surface area contributed by atoms with Gasteiger partial charge in [-0.1, -0.05) is 78.4 Å². The van der Waals surface area contributed by atoms with Crippen LogP contribution in [-0.4, -0.2) is 10.2 Å². The first-order valence-electron chi connectivity index (χ1n) is 10.3. The molecular formula is C28H23NO. The molecule has 0 aliphatic heterocycles. The Hall–Kier alpha value is -3.65. The predicted molar refractivity (Wildman–Crippen MR) is 125 cm³/mol. The number of hydrogen-bond acceptors (Lipinski definition) is 1. The Bertz CT molecular complexity index is 1410. The molecule has 3 aromatic carbocycles. The van der Waals surface area contributed by atoms with Gasteiger partial charge < -0.3 is 4.40 Å². The zero-order chi connectivity index (χ0) is 20.8. The lowest BCUT2D eigenvalue weighted by atomic mass is 9.94. The van der Waals surface area contributed by atoms with Gasteiger partial charge in [0.2, 0.25) is 0 Å². The normalized spacial score (nSPS) is 11.3. The van der Waals surface area contributed by atoms with Crippen LogP contribution in [-0.2, 0) is 0 Å². The van der Waals surface area contributed by atoms with Gasteiger partial charge in [0.15, 0.2) is 5.78 Å². The molecule has 0 spiro atoms. The summed E-state index contributed by atoms with van der Waals surface area (Å²) in [7, 11) is 0. The Kier molecular flexibility index (Phi) is 4.29. The highest BCUT2D eigenvalue weighted by Crippen LogP contribution is 2.41. The summed E-state index contributed by atoms with van der Waals surface area (Å²) in [6.45, 7) is 5.83. The number of carbonyl (C=O) groups is 1. The van der Waals surface area contributed by atoms with Crippen LogP contribution in [0.25, 0.3) is 38.7 Å². The van der Waals surface area contributed by atoms with Crippen molar-refractivity contribution in [3.05, 3.63) is 102 Å². The Morgan fingerprint density at radius 3 is 2.13 bits per heavy atom. The summed E-state index contributed by atoms with van der Waals surface area (Å²) in [5.41, 5.74) is 9.60. The molecule has 0 unspecified atom stereocenters. The fourth-order valence-electron chi connectivity index (χ4n) is 4.55.